The highest BCUT2D eigenvalue weighted by Gasteiger charge is 2.38. The second kappa shape index (κ2) is 3.57. The summed E-state index contributed by atoms with van der Waals surface area (Å²) in [5, 5.41) is 9.57. The van der Waals surface area contributed by atoms with E-state index in [1.165, 1.54) is 6.42 Å². The molecule has 0 bridgehead atoms. The van der Waals surface area contributed by atoms with Crippen LogP contribution < -0.4 is 0 Å². The van der Waals surface area contributed by atoms with E-state index >= 15 is 0 Å². The van der Waals surface area contributed by atoms with Crippen molar-refractivity contribution in [2.45, 2.75) is 32.1 Å². The Morgan fingerprint density at radius 1 is 1.36 bits per heavy atom. The molecule has 0 aromatic rings. The van der Waals surface area contributed by atoms with Gasteiger partial charge in [0.1, 0.15) is 0 Å². The zero-order valence-electron chi connectivity index (χ0n) is 6.48. The van der Waals surface area contributed by atoms with Crippen LogP contribution in [0.25, 0.3) is 0 Å². The van der Waals surface area contributed by atoms with Gasteiger partial charge in [-0.05, 0) is 12.8 Å². The van der Waals surface area contributed by atoms with Crippen molar-refractivity contribution in [3.63, 3.8) is 0 Å². The molecule has 0 atom stereocenters. The van der Waals surface area contributed by atoms with Gasteiger partial charge in [0.2, 0.25) is 0 Å². The van der Waals surface area contributed by atoms with Crippen LogP contribution >= 0.6 is 15.9 Å². The Labute approximate surface area is 75.1 Å². The molecule has 0 heterocycles. The largest absolute Gasteiger partial charge is 0.481 e. The molecule has 0 unspecified atom stereocenters. The number of carbonyl (C=O) groups is 1. The average Bonchev–Trinajstić information content (AvgIpc) is 2.05. The van der Waals surface area contributed by atoms with Gasteiger partial charge in [-0.15, -0.1) is 0 Å². The molecule has 11 heavy (non-hydrogen) atoms. The minimum absolute atomic E-state index is 0.446. The average molecular weight is 221 g/mol. The third-order valence-corrected chi connectivity index (χ3v) is 3.59. The van der Waals surface area contributed by atoms with Gasteiger partial charge in [0.25, 0.3) is 0 Å². The maximum Gasteiger partial charge on any atom is 0.310 e. The van der Waals surface area contributed by atoms with Crippen molar-refractivity contribution in [1.82, 2.24) is 0 Å². The van der Waals surface area contributed by atoms with Gasteiger partial charge in [0.15, 0.2) is 0 Å². The molecular formula is C8H13BrO2. The fourth-order valence-electron chi connectivity index (χ4n) is 1.63. The SMILES string of the molecule is O=C(O)C1(CBr)CCCCC1. The van der Waals surface area contributed by atoms with Crippen LogP contribution in [0.2, 0.25) is 0 Å². The number of alkyl halides is 1. The molecule has 1 aliphatic rings. The number of carboxylic acids is 1. The summed E-state index contributed by atoms with van der Waals surface area (Å²) in [6.45, 7) is 0. The van der Waals surface area contributed by atoms with Gasteiger partial charge in [0.05, 0.1) is 5.41 Å². The predicted octanol–water partition coefficient (Wildman–Crippen LogP) is 2.42. The van der Waals surface area contributed by atoms with E-state index in [-0.39, 0.29) is 0 Å². The first kappa shape index (κ1) is 9.04. The number of hydrogen-bond donors (Lipinski definition) is 1. The first-order valence-electron chi connectivity index (χ1n) is 4.01. The highest BCUT2D eigenvalue weighted by Crippen LogP contribution is 2.37. The molecule has 3 heteroatoms. The van der Waals surface area contributed by atoms with Crippen LogP contribution in [0, 0.1) is 5.41 Å². The lowest BCUT2D eigenvalue weighted by Gasteiger charge is -2.30. The molecule has 0 amide bonds. The molecule has 64 valence electrons. The molecule has 1 fully saturated rings. The number of aliphatic carboxylic acids is 1. The van der Waals surface area contributed by atoms with Crippen LogP contribution in [0.3, 0.4) is 0 Å². The smallest absolute Gasteiger partial charge is 0.310 e. The lowest BCUT2D eigenvalue weighted by Crippen LogP contribution is -2.34. The van der Waals surface area contributed by atoms with Crippen molar-refractivity contribution in [1.29, 1.82) is 0 Å². The molecule has 1 rings (SSSR count). The standard InChI is InChI=1S/C8H13BrO2/c9-6-8(7(10)11)4-2-1-3-5-8/h1-6H2,(H,10,11). The van der Waals surface area contributed by atoms with E-state index in [0.717, 1.165) is 25.7 Å². The highest BCUT2D eigenvalue weighted by atomic mass is 79.9. The quantitative estimate of drug-likeness (QED) is 0.727. The third kappa shape index (κ3) is 1.75. The molecular weight excluding hydrogens is 208 g/mol. The normalized spacial score (nSPS) is 23.0. The molecule has 0 spiro atoms. The number of halogens is 1. The van der Waals surface area contributed by atoms with E-state index in [1.54, 1.807) is 0 Å². The van der Waals surface area contributed by atoms with Crippen molar-refractivity contribution in [3.8, 4) is 0 Å². The van der Waals surface area contributed by atoms with Gasteiger partial charge in [-0.1, -0.05) is 35.2 Å². The molecule has 0 saturated heterocycles. The van der Waals surface area contributed by atoms with Crippen LogP contribution in [-0.4, -0.2) is 16.4 Å². The molecule has 0 aromatic carbocycles. The molecule has 2 nitrogen and oxygen atoms in total. The second-order valence-electron chi connectivity index (χ2n) is 3.28. The Morgan fingerprint density at radius 3 is 2.18 bits per heavy atom. The maximum atomic E-state index is 10.9. The van der Waals surface area contributed by atoms with Gasteiger partial charge in [-0.3, -0.25) is 4.79 Å². The summed E-state index contributed by atoms with van der Waals surface area (Å²) in [6.07, 6.45) is 5.01. The summed E-state index contributed by atoms with van der Waals surface area (Å²) in [6, 6.07) is 0. The lowest BCUT2D eigenvalue weighted by molar-refractivity contribution is -0.149. The van der Waals surface area contributed by atoms with Crippen LogP contribution in [0.1, 0.15) is 32.1 Å². The van der Waals surface area contributed by atoms with Crippen LogP contribution in [0.4, 0.5) is 0 Å². The minimum atomic E-state index is -0.630. The number of hydrogen-bond acceptors (Lipinski definition) is 1. The summed E-state index contributed by atoms with van der Waals surface area (Å²) >= 11 is 3.29. The molecule has 0 aliphatic heterocycles. The van der Waals surface area contributed by atoms with Crippen LogP contribution in [-0.2, 0) is 4.79 Å². The van der Waals surface area contributed by atoms with Crippen molar-refractivity contribution >= 4 is 21.9 Å². The fourth-order valence-corrected chi connectivity index (χ4v) is 2.43. The highest BCUT2D eigenvalue weighted by molar-refractivity contribution is 9.09. The minimum Gasteiger partial charge on any atom is -0.481 e. The van der Waals surface area contributed by atoms with Gasteiger partial charge in [-0.25, -0.2) is 0 Å². The maximum absolute atomic E-state index is 10.9. The molecule has 1 N–H and O–H groups in total. The first-order chi connectivity index (χ1) is 5.21. The number of rotatable bonds is 2. The van der Waals surface area contributed by atoms with E-state index in [4.69, 9.17) is 5.11 Å². The molecule has 0 radical (unpaired) electrons. The van der Waals surface area contributed by atoms with Gasteiger partial charge < -0.3 is 5.11 Å². The zero-order chi connectivity index (χ0) is 8.32. The Hall–Kier alpha value is -0.0500. The predicted molar refractivity (Wildman–Crippen MR) is 46.9 cm³/mol. The van der Waals surface area contributed by atoms with Crippen LogP contribution in [0.15, 0.2) is 0 Å². The van der Waals surface area contributed by atoms with Crippen molar-refractivity contribution in [2.75, 3.05) is 5.33 Å². The zero-order valence-corrected chi connectivity index (χ0v) is 8.06. The van der Waals surface area contributed by atoms with Gasteiger partial charge in [-0.2, -0.15) is 0 Å². The monoisotopic (exact) mass is 220 g/mol. The Bertz CT molecular complexity index is 150. The Kier molecular flexibility index (Phi) is 2.93. The van der Waals surface area contributed by atoms with Crippen molar-refractivity contribution in [2.24, 2.45) is 5.41 Å². The van der Waals surface area contributed by atoms with E-state index in [1.807, 2.05) is 0 Å². The second-order valence-corrected chi connectivity index (χ2v) is 3.84. The molecule has 1 saturated carbocycles. The van der Waals surface area contributed by atoms with Crippen LogP contribution in [0.5, 0.6) is 0 Å². The van der Waals surface area contributed by atoms with Gasteiger partial charge in [0, 0.05) is 5.33 Å². The summed E-state index contributed by atoms with van der Waals surface area (Å²) in [4.78, 5) is 10.9. The van der Waals surface area contributed by atoms with E-state index in [9.17, 15) is 4.79 Å². The van der Waals surface area contributed by atoms with Gasteiger partial charge >= 0.3 is 5.97 Å². The van der Waals surface area contributed by atoms with Crippen molar-refractivity contribution < 1.29 is 9.90 Å². The van der Waals surface area contributed by atoms with E-state index < -0.39 is 11.4 Å². The summed E-state index contributed by atoms with van der Waals surface area (Å²) < 4.78 is 0. The topological polar surface area (TPSA) is 37.3 Å². The van der Waals surface area contributed by atoms with Crippen molar-refractivity contribution in [3.05, 3.63) is 0 Å². The first-order valence-corrected chi connectivity index (χ1v) is 5.13. The fraction of sp³-hybridized carbons (Fsp3) is 0.875. The molecule has 1 aliphatic carbocycles. The number of carboxylic acid groups (broad SMARTS) is 1. The summed E-state index contributed by atoms with van der Waals surface area (Å²) in [5.41, 5.74) is -0.446. The lowest BCUT2D eigenvalue weighted by atomic mass is 9.76. The summed E-state index contributed by atoms with van der Waals surface area (Å²) in [7, 11) is 0. The van der Waals surface area contributed by atoms with E-state index in [2.05, 4.69) is 15.9 Å². The molecule has 0 aromatic heterocycles. The Morgan fingerprint density at radius 2 is 1.91 bits per heavy atom. The summed E-state index contributed by atoms with van der Waals surface area (Å²) in [5.74, 6) is -0.630. The van der Waals surface area contributed by atoms with E-state index in [0.29, 0.717) is 5.33 Å². The Balaban J connectivity index is 2.64. The third-order valence-electron chi connectivity index (χ3n) is 2.52.